The van der Waals surface area contributed by atoms with Crippen LogP contribution in [0.25, 0.3) is 10.8 Å². The number of anilines is 1. The van der Waals surface area contributed by atoms with Crippen molar-refractivity contribution < 1.29 is 18.0 Å². The smallest absolute Gasteiger partial charge is 0.276 e. The average Bonchev–Trinajstić information content (AvgIpc) is 2.53. The highest BCUT2D eigenvalue weighted by Gasteiger charge is 2.19. The van der Waals surface area contributed by atoms with Gasteiger partial charge in [-0.05, 0) is 24.3 Å². The van der Waals surface area contributed by atoms with Gasteiger partial charge in [-0.15, -0.1) is 0 Å². The Balaban J connectivity index is 2.09. The Labute approximate surface area is 122 Å². The summed E-state index contributed by atoms with van der Waals surface area (Å²) in [6, 6.07) is 6.79. The van der Waals surface area contributed by atoms with Gasteiger partial charge < -0.3 is 5.32 Å². The molecule has 0 unspecified atom stereocenters. The molecule has 2 heterocycles. The molecule has 0 fully saturated rings. The Bertz CT molecular complexity index is 869. The zero-order chi connectivity index (χ0) is 15.7. The zero-order valence-electron chi connectivity index (χ0n) is 11.0. The number of carbonyl (C=O) groups excluding carboxylic acids is 1. The van der Waals surface area contributed by atoms with Crippen LogP contribution in [0.3, 0.4) is 0 Å². The van der Waals surface area contributed by atoms with Crippen LogP contribution in [0.5, 0.6) is 0 Å². The number of benzene rings is 1. The van der Waals surface area contributed by atoms with Crippen LogP contribution in [-0.2, 0) is 0 Å². The molecule has 0 saturated carbocycles. The quantitative estimate of drug-likeness (QED) is 0.739. The van der Waals surface area contributed by atoms with Gasteiger partial charge in [-0.25, -0.2) is 18.2 Å². The summed E-state index contributed by atoms with van der Waals surface area (Å²) in [4.78, 5) is 19.9. The maximum absolute atomic E-state index is 13.7. The molecule has 0 radical (unpaired) electrons. The molecular weight excluding hydrogens is 295 g/mol. The van der Waals surface area contributed by atoms with Gasteiger partial charge in [-0.3, -0.25) is 9.78 Å². The minimum atomic E-state index is -1.59. The van der Waals surface area contributed by atoms with Crippen molar-refractivity contribution >= 4 is 22.5 Å². The molecular formula is C15H8F3N3O. The largest absolute Gasteiger partial charge is 0.305 e. The first-order valence-electron chi connectivity index (χ1n) is 6.22. The Hall–Kier alpha value is -2.96. The molecule has 0 aliphatic carbocycles. The third-order valence-corrected chi connectivity index (χ3v) is 3.02. The predicted octanol–water partition coefficient (Wildman–Crippen LogP) is 3.30. The van der Waals surface area contributed by atoms with Crippen LogP contribution in [0.2, 0.25) is 0 Å². The first kappa shape index (κ1) is 14.0. The Morgan fingerprint density at radius 2 is 1.77 bits per heavy atom. The number of nitrogens with zero attached hydrogens (tertiary/aromatic N) is 2. The highest BCUT2D eigenvalue weighted by molar-refractivity contribution is 6.11. The van der Waals surface area contributed by atoms with Crippen LogP contribution in [0.4, 0.5) is 19.0 Å². The summed E-state index contributed by atoms with van der Waals surface area (Å²) < 4.78 is 40.4. The standard InChI is InChI=1S/C15H8F3N3O/c16-10-7-9-8(12(17)13(10)18)4-6-20-14(9)15(22)21-11-3-1-2-5-19-11/h1-7H,(H,19,21,22). The maximum Gasteiger partial charge on any atom is 0.276 e. The van der Waals surface area contributed by atoms with Crippen molar-refractivity contribution in [2.75, 3.05) is 5.32 Å². The van der Waals surface area contributed by atoms with Crippen LogP contribution in [-0.4, -0.2) is 15.9 Å². The van der Waals surface area contributed by atoms with Crippen LogP contribution < -0.4 is 5.32 Å². The average molecular weight is 303 g/mol. The molecule has 7 heteroatoms. The lowest BCUT2D eigenvalue weighted by Crippen LogP contribution is -2.15. The highest BCUT2D eigenvalue weighted by Crippen LogP contribution is 2.25. The topological polar surface area (TPSA) is 54.9 Å². The molecule has 110 valence electrons. The van der Waals surface area contributed by atoms with E-state index in [0.717, 1.165) is 12.3 Å². The fraction of sp³-hybridized carbons (Fsp3) is 0. The van der Waals surface area contributed by atoms with Gasteiger partial charge in [-0.2, -0.15) is 0 Å². The molecule has 22 heavy (non-hydrogen) atoms. The van der Waals surface area contributed by atoms with Gasteiger partial charge in [0.25, 0.3) is 5.91 Å². The van der Waals surface area contributed by atoms with E-state index in [1.54, 1.807) is 18.2 Å². The first-order valence-corrected chi connectivity index (χ1v) is 6.22. The molecule has 1 N–H and O–H groups in total. The molecule has 3 aromatic rings. The summed E-state index contributed by atoms with van der Waals surface area (Å²) >= 11 is 0. The number of aromatic nitrogens is 2. The van der Waals surface area contributed by atoms with E-state index in [1.165, 1.54) is 12.3 Å². The van der Waals surface area contributed by atoms with E-state index in [-0.39, 0.29) is 22.3 Å². The molecule has 0 aliphatic rings. The van der Waals surface area contributed by atoms with E-state index >= 15 is 0 Å². The third-order valence-electron chi connectivity index (χ3n) is 3.02. The maximum atomic E-state index is 13.7. The molecule has 2 aromatic heterocycles. The lowest BCUT2D eigenvalue weighted by molar-refractivity contribution is 0.102. The summed E-state index contributed by atoms with van der Waals surface area (Å²) in [5, 5.41) is 2.11. The molecule has 0 aliphatic heterocycles. The minimum absolute atomic E-state index is 0.118. The second kappa shape index (κ2) is 5.44. The number of nitrogens with one attached hydrogen (secondary N) is 1. The van der Waals surface area contributed by atoms with E-state index in [2.05, 4.69) is 15.3 Å². The lowest BCUT2D eigenvalue weighted by Gasteiger charge is -2.08. The van der Waals surface area contributed by atoms with Crippen molar-refractivity contribution in [1.29, 1.82) is 0 Å². The number of hydrogen-bond donors (Lipinski definition) is 1. The fourth-order valence-electron chi connectivity index (χ4n) is 2.02. The van der Waals surface area contributed by atoms with Crippen molar-refractivity contribution in [1.82, 2.24) is 9.97 Å². The monoisotopic (exact) mass is 303 g/mol. The van der Waals surface area contributed by atoms with Crippen molar-refractivity contribution in [3.8, 4) is 0 Å². The van der Waals surface area contributed by atoms with Crippen LogP contribution in [0, 0.1) is 17.5 Å². The van der Waals surface area contributed by atoms with Crippen LogP contribution in [0.15, 0.2) is 42.7 Å². The molecule has 3 rings (SSSR count). The molecule has 4 nitrogen and oxygen atoms in total. The van der Waals surface area contributed by atoms with Gasteiger partial charge in [-0.1, -0.05) is 6.07 Å². The van der Waals surface area contributed by atoms with Gasteiger partial charge in [0.2, 0.25) is 0 Å². The predicted molar refractivity (Wildman–Crippen MR) is 73.8 cm³/mol. The van der Waals surface area contributed by atoms with Crippen molar-refractivity contribution in [3.05, 3.63) is 65.9 Å². The summed E-state index contributed by atoms with van der Waals surface area (Å²) in [7, 11) is 0. The van der Waals surface area contributed by atoms with E-state index < -0.39 is 23.4 Å². The van der Waals surface area contributed by atoms with Crippen molar-refractivity contribution in [2.45, 2.75) is 0 Å². The van der Waals surface area contributed by atoms with E-state index in [0.29, 0.717) is 0 Å². The second-order valence-corrected chi connectivity index (χ2v) is 4.41. The normalized spacial score (nSPS) is 10.7. The first-order chi connectivity index (χ1) is 10.6. The molecule has 1 aromatic carbocycles. The van der Waals surface area contributed by atoms with E-state index in [9.17, 15) is 18.0 Å². The van der Waals surface area contributed by atoms with E-state index in [4.69, 9.17) is 0 Å². The van der Waals surface area contributed by atoms with Crippen LogP contribution >= 0.6 is 0 Å². The summed E-state index contributed by atoms with van der Waals surface area (Å²) in [6.07, 6.45) is 2.62. The number of carbonyl (C=O) groups is 1. The lowest BCUT2D eigenvalue weighted by atomic mass is 10.1. The molecule has 0 atom stereocenters. The summed E-state index contributed by atoms with van der Waals surface area (Å²) in [5.41, 5.74) is -0.221. The molecule has 1 amide bonds. The van der Waals surface area contributed by atoms with E-state index in [1.807, 2.05) is 0 Å². The van der Waals surface area contributed by atoms with Gasteiger partial charge >= 0.3 is 0 Å². The molecule has 0 spiro atoms. The third kappa shape index (κ3) is 2.37. The number of fused-ring (bicyclic) bond motifs is 1. The Kier molecular flexibility index (Phi) is 3.46. The fourth-order valence-corrected chi connectivity index (χ4v) is 2.02. The second-order valence-electron chi connectivity index (χ2n) is 4.41. The minimum Gasteiger partial charge on any atom is -0.305 e. The summed E-state index contributed by atoms with van der Waals surface area (Å²) in [6.45, 7) is 0. The number of amides is 1. The molecule has 0 bridgehead atoms. The number of rotatable bonds is 2. The summed E-state index contributed by atoms with van der Waals surface area (Å²) in [5.74, 6) is -4.77. The van der Waals surface area contributed by atoms with Crippen molar-refractivity contribution in [2.24, 2.45) is 0 Å². The van der Waals surface area contributed by atoms with Gasteiger partial charge in [0.15, 0.2) is 17.5 Å². The highest BCUT2D eigenvalue weighted by atomic mass is 19.2. The Morgan fingerprint density at radius 1 is 0.955 bits per heavy atom. The SMILES string of the molecule is O=C(Nc1ccccn1)c1nccc2c(F)c(F)c(F)cc12. The molecule has 0 saturated heterocycles. The van der Waals surface area contributed by atoms with Crippen LogP contribution in [0.1, 0.15) is 10.5 Å². The van der Waals surface area contributed by atoms with Gasteiger partial charge in [0.05, 0.1) is 0 Å². The number of halogens is 3. The number of pyridine rings is 2. The zero-order valence-corrected chi connectivity index (χ0v) is 11.0. The number of hydrogen-bond acceptors (Lipinski definition) is 3. The van der Waals surface area contributed by atoms with Gasteiger partial charge in [0.1, 0.15) is 11.5 Å². The Morgan fingerprint density at radius 3 is 2.50 bits per heavy atom. The van der Waals surface area contributed by atoms with Gasteiger partial charge in [0, 0.05) is 23.2 Å². The van der Waals surface area contributed by atoms with Crippen molar-refractivity contribution in [3.63, 3.8) is 0 Å².